The molecule has 2 aliphatic heterocycles. The zero-order valence-electron chi connectivity index (χ0n) is 24.0. The Morgan fingerprint density at radius 2 is 1.86 bits per heavy atom. The molecule has 0 aliphatic carbocycles. The molecule has 2 heterocycles. The van der Waals surface area contributed by atoms with E-state index in [1.807, 2.05) is 7.05 Å². The van der Waals surface area contributed by atoms with Crippen LogP contribution in [0.3, 0.4) is 0 Å². The van der Waals surface area contributed by atoms with Gasteiger partial charge in [0.25, 0.3) is 0 Å². The quantitative estimate of drug-likeness (QED) is 0.485. The topological polar surface area (TPSA) is 43.2 Å². The molecule has 0 saturated carbocycles. The standard InChI is InChI=1S/C32H47N5/c1-9-28-14-16-29-15-13-23(2)34-17-19-36(8)26(5)20-24(3)35-25(4)21-31(33-7)32-12-10-11-18-37(32)27(6)30(29)22-28/h14,16,20-22,32,34H,2,6,9-13,15,17-19H2,1,3-5,7-8H3/b25-21+,26-20+,33-31+,35-24-. The third kappa shape index (κ3) is 7.70. The van der Waals surface area contributed by atoms with Gasteiger partial charge in [-0.3, -0.25) is 9.98 Å². The number of nitrogens with zero attached hydrogens (tertiary/aromatic N) is 4. The Bertz CT molecular complexity index is 1100. The summed E-state index contributed by atoms with van der Waals surface area (Å²) in [4.78, 5) is 14.4. The van der Waals surface area contributed by atoms with E-state index < -0.39 is 0 Å². The molecule has 200 valence electrons. The summed E-state index contributed by atoms with van der Waals surface area (Å²) in [5, 5.41) is 3.54. The number of allylic oxidation sites excluding steroid dienone is 4. The highest BCUT2D eigenvalue weighted by Gasteiger charge is 2.28. The first-order valence-corrected chi connectivity index (χ1v) is 13.8. The number of fused-ring (bicyclic) bond motifs is 2. The fraction of sp³-hybridized carbons (Fsp3) is 0.500. The summed E-state index contributed by atoms with van der Waals surface area (Å²) in [6.45, 7) is 20.2. The van der Waals surface area contributed by atoms with Gasteiger partial charge < -0.3 is 15.1 Å². The first-order valence-electron chi connectivity index (χ1n) is 13.8. The maximum absolute atomic E-state index is 4.89. The van der Waals surface area contributed by atoms with Crippen molar-refractivity contribution in [2.75, 3.05) is 33.7 Å². The molecule has 1 saturated heterocycles. The summed E-state index contributed by atoms with van der Waals surface area (Å²) in [6, 6.07) is 7.12. The first kappa shape index (κ1) is 28.5. The van der Waals surface area contributed by atoms with Gasteiger partial charge in [-0.2, -0.15) is 0 Å². The molecule has 3 rings (SSSR count). The lowest BCUT2D eigenvalue weighted by atomic mass is 9.92. The van der Waals surface area contributed by atoms with E-state index in [1.165, 1.54) is 35.2 Å². The van der Waals surface area contributed by atoms with Gasteiger partial charge in [-0.05, 0) is 88.6 Å². The fourth-order valence-electron chi connectivity index (χ4n) is 5.28. The van der Waals surface area contributed by atoms with Crippen molar-refractivity contribution in [2.24, 2.45) is 9.98 Å². The molecule has 1 aromatic carbocycles. The molecule has 0 bridgehead atoms. The van der Waals surface area contributed by atoms with Gasteiger partial charge in [-0.1, -0.05) is 32.2 Å². The van der Waals surface area contributed by atoms with Crippen molar-refractivity contribution in [3.8, 4) is 0 Å². The van der Waals surface area contributed by atoms with E-state index >= 15 is 0 Å². The maximum atomic E-state index is 4.89. The van der Waals surface area contributed by atoms with Crippen molar-refractivity contribution in [1.82, 2.24) is 15.1 Å². The minimum absolute atomic E-state index is 0.206. The Kier molecular flexibility index (Phi) is 10.4. The highest BCUT2D eigenvalue weighted by atomic mass is 15.2. The third-order valence-electron chi connectivity index (χ3n) is 7.59. The Morgan fingerprint density at radius 1 is 1.08 bits per heavy atom. The first-order chi connectivity index (χ1) is 17.7. The zero-order valence-corrected chi connectivity index (χ0v) is 24.0. The van der Waals surface area contributed by atoms with E-state index in [2.05, 4.69) is 93.4 Å². The lowest BCUT2D eigenvalue weighted by Gasteiger charge is -2.39. The number of benzene rings is 1. The summed E-state index contributed by atoms with van der Waals surface area (Å²) < 4.78 is 0. The van der Waals surface area contributed by atoms with Crippen molar-refractivity contribution >= 4 is 17.1 Å². The molecule has 0 aromatic heterocycles. The number of aliphatic imine (C=N–C) groups is 2. The minimum atomic E-state index is 0.206. The number of piperidine rings is 1. The number of nitrogens with one attached hydrogen (secondary N) is 1. The molecule has 0 amide bonds. The summed E-state index contributed by atoms with van der Waals surface area (Å²) in [7, 11) is 4.03. The summed E-state index contributed by atoms with van der Waals surface area (Å²) >= 11 is 0. The molecule has 0 spiro atoms. The van der Waals surface area contributed by atoms with Gasteiger partial charge in [0.15, 0.2) is 0 Å². The zero-order chi connectivity index (χ0) is 26.9. The van der Waals surface area contributed by atoms with Crippen LogP contribution in [-0.4, -0.2) is 61.0 Å². The highest BCUT2D eigenvalue weighted by Crippen LogP contribution is 2.31. The molecule has 1 N–H and O–H groups in total. The molecule has 5 nitrogen and oxygen atoms in total. The lowest BCUT2D eigenvalue weighted by Crippen LogP contribution is -2.43. The molecule has 1 fully saturated rings. The smallest absolute Gasteiger partial charge is 0.0709 e. The molecular formula is C32H47N5. The molecule has 0 radical (unpaired) electrons. The van der Waals surface area contributed by atoms with Crippen molar-refractivity contribution in [3.05, 3.63) is 77.3 Å². The second kappa shape index (κ2) is 13.5. The van der Waals surface area contributed by atoms with Crippen molar-refractivity contribution in [3.63, 3.8) is 0 Å². The van der Waals surface area contributed by atoms with E-state index in [0.29, 0.717) is 0 Å². The Labute approximate surface area is 225 Å². The van der Waals surface area contributed by atoms with Gasteiger partial charge in [-0.15, -0.1) is 0 Å². The molecule has 1 atom stereocenters. The Balaban J connectivity index is 2.05. The van der Waals surface area contributed by atoms with Crippen LogP contribution < -0.4 is 5.32 Å². The number of hydrogen-bond acceptors (Lipinski definition) is 5. The minimum Gasteiger partial charge on any atom is -0.387 e. The van der Waals surface area contributed by atoms with Crippen LogP contribution in [0.15, 0.2) is 70.6 Å². The number of rotatable bonds is 1. The van der Waals surface area contributed by atoms with Crippen molar-refractivity contribution in [1.29, 1.82) is 0 Å². The van der Waals surface area contributed by atoms with Gasteiger partial charge in [0, 0.05) is 67.8 Å². The molecule has 2 aliphatic rings. The van der Waals surface area contributed by atoms with Crippen LogP contribution in [0.5, 0.6) is 0 Å². The van der Waals surface area contributed by atoms with Crippen molar-refractivity contribution in [2.45, 2.75) is 72.3 Å². The number of aryl methyl sites for hydroxylation is 2. The van der Waals surface area contributed by atoms with E-state index in [1.54, 1.807) is 0 Å². The second-order valence-electron chi connectivity index (χ2n) is 10.4. The van der Waals surface area contributed by atoms with Gasteiger partial charge in [0.2, 0.25) is 0 Å². The summed E-state index contributed by atoms with van der Waals surface area (Å²) in [5.74, 6) is 0. The maximum Gasteiger partial charge on any atom is 0.0709 e. The monoisotopic (exact) mass is 501 g/mol. The number of likely N-dealkylation sites (N-methyl/N-ethyl adjacent to an activating group) is 1. The SMILES string of the molecule is C=C1CCc2ccc(CC)cc2C(=C)N2CCCCC2C(=N/C)/C=C(C)/N=C(C)\C=C(/C)N(C)CCN1. The molecular weight excluding hydrogens is 454 g/mol. The average molecular weight is 502 g/mol. The van der Waals surface area contributed by atoms with Crippen LogP contribution in [0.25, 0.3) is 5.70 Å². The number of hydrogen-bond donors (Lipinski definition) is 1. The summed E-state index contributed by atoms with van der Waals surface area (Å²) in [5.41, 5.74) is 10.4. The molecule has 37 heavy (non-hydrogen) atoms. The molecule has 5 heteroatoms. The molecule has 1 unspecified atom stereocenters. The van der Waals surface area contributed by atoms with Gasteiger partial charge in [-0.25, -0.2) is 0 Å². The predicted molar refractivity (Wildman–Crippen MR) is 161 cm³/mol. The van der Waals surface area contributed by atoms with Crippen LogP contribution in [0.1, 0.15) is 70.1 Å². The van der Waals surface area contributed by atoms with Gasteiger partial charge in [0.1, 0.15) is 0 Å². The van der Waals surface area contributed by atoms with Crippen LogP contribution in [-0.2, 0) is 12.8 Å². The van der Waals surface area contributed by atoms with Gasteiger partial charge >= 0.3 is 0 Å². The Morgan fingerprint density at radius 3 is 2.59 bits per heavy atom. The van der Waals surface area contributed by atoms with Gasteiger partial charge in [0.05, 0.1) is 11.8 Å². The normalized spacial score (nSPS) is 26.3. The average Bonchev–Trinajstić information content (AvgIpc) is 2.89. The van der Waals surface area contributed by atoms with Crippen LogP contribution >= 0.6 is 0 Å². The highest BCUT2D eigenvalue weighted by molar-refractivity contribution is 6.01. The van der Waals surface area contributed by atoms with E-state index in [4.69, 9.17) is 9.98 Å². The van der Waals surface area contributed by atoms with Crippen LogP contribution in [0, 0.1) is 0 Å². The third-order valence-corrected chi connectivity index (χ3v) is 7.59. The lowest BCUT2D eigenvalue weighted by molar-refractivity contribution is 0.283. The predicted octanol–water partition coefficient (Wildman–Crippen LogP) is 6.39. The largest absolute Gasteiger partial charge is 0.387 e. The fourth-order valence-corrected chi connectivity index (χ4v) is 5.28. The van der Waals surface area contributed by atoms with Crippen molar-refractivity contribution < 1.29 is 0 Å². The summed E-state index contributed by atoms with van der Waals surface area (Å²) in [6.07, 6.45) is 10.6. The van der Waals surface area contributed by atoms with E-state index in [9.17, 15) is 0 Å². The van der Waals surface area contributed by atoms with Crippen LogP contribution in [0.4, 0.5) is 0 Å². The molecule has 1 aromatic rings. The second-order valence-corrected chi connectivity index (χ2v) is 10.4. The van der Waals surface area contributed by atoms with E-state index in [0.717, 1.165) is 73.8 Å². The Hall–Kier alpha value is -3.08. The van der Waals surface area contributed by atoms with E-state index in [-0.39, 0.29) is 6.04 Å². The van der Waals surface area contributed by atoms with Crippen LogP contribution in [0.2, 0.25) is 0 Å².